The molecule has 3 aromatic rings. The van der Waals surface area contributed by atoms with Gasteiger partial charge < -0.3 is 4.98 Å². The number of aromatic amines is 1. The monoisotopic (exact) mass is 329 g/mol. The number of Topliss-reactive ketones (excluding diaryl/α,β-unsaturated/α-hetero) is 1. The quantitative estimate of drug-likeness (QED) is 0.693. The number of aliphatic imine (C=N–C) groups is 1. The van der Waals surface area contributed by atoms with Gasteiger partial charge in [-0.05, 0) is 44.0 Å². The molecule has 0 spiro atoms. The van der Waals surface area contributed by atoms with Crippen LogP contribution in [-0.4, -0.2) is 21.5 Å². The molecular formula is C21H19N3O. The minimum absolute atomic E-state index is 0.0358. The number of fused-ring (bicyclic) bond motifs is 1. The van der Waals surface area contributed by atoms with Gasteiger partial charge >= 0.3 is 0 Å². The fourth-order valence-electron chi connectivity index (χ4n) is 3.17. The van der Waals surface area contributed by atoms with E-state index in [1.807, 2.05) is 30.3 Å². The van der Waals surface area contributed by atoms with Crippen LogP contribution in [0.5, 0.6) is 0 Å². The molecule has 0 amide bonds. The second-order valence-electron chi connectivity index (χ2n) is 6.52. The molecule has 1 aliphatic heterocycles. The third-order valence-corrected chi connectivity index (χ3v) is 4.74. The summed E-state index contributed by atoms with van der Waals surface area (Å²) in [4.78, 5) is 24.4. The topological polar surface area (TPSA) is 58.1 Å². The molecule has 4 nitrogen and oxygen atoms in total. The predicted molar refractivity (Wildman–Crippen MR) is 101 cm³/mol. The zero-order valence-corrected chi connectivity index (χ0v) is 14.6. The van der Waals surface area contributed by atoms with Gasteiger partial charge in [0.2, 0.25) is 0 Å². The maximum absolute atomic E-state index is 11.8. The molecule has 0 saturated heterocycles. The van der Waals surface area contributed by atoms with Crippen LogP contribution in [0.15, 0.2) is 58.7 Å². The molecule has 4 rings (SSSR count). The summed E-state index contributed by atoms with van der Waals surface area (Å²) in [6.45, 7) is 5.75. The van der Waals surface area contributed by atoms with Crippen LogP contribution in [0.3, 0.4) is 0 Å². The van der Waals surface area contributed by atoms with Gasteiger partial charge in [-0.25, -0.2) is 4.98 Å². The number of allylic oxidation sites excluding steroid dienone is 2. The Labute approximate surface area is 146 Å². The summed E-state index contributed by atoms with van der Waals surface area (Å²) in [5.74, 6) is 0.808. The lowest BCUT2D eigenvalue weighted by atomic mass is 10.0. The molecule has 124 valence electrons. The summed E-state index contributed by atoms with van der Waals surface area (Å²) < 4.78 is 0. The van der Waals surface area contributed by atoms with Crippen LogP contribution < -0.4 is 0 Å². The van der Waals surface area contributed by atoms with E-state index in [9.17, 15) is 4.79 Å². The Morgan fingerprint density at radius 3 is 2.40 bits per heavy atom. The van der Waals surface area contributed by atoms with E-state index in [1.54, 1.807) is 6.92 Å². The lowest BCUT2D eigenvalue weighted by molar-refractivity contribution is 0.101. The van der Waals surface area contributed by atoms with Crippen LogP contribution in [0.4, 0.5) is 0 Å². The first kappa shape index (κ1) is 15.5. The highest BCUT2D eigenvalue weighted by Crippen LogP contribution is 2.26. The molecule has 2 aromatic carbocycles. The van der Waals surface area contributed by atoms with Gasteiger partial charge in [0.25, 0.3) is 0 Å². The molecule has 1 aromatic heterocycles. The summed E-state index contributed by atoms with van der Waals surface area (Å²) in [7, 11) is 0. The second kappa shape index (κ2) is 5.81. The van der Waals surface area contributed by atoms with Gasteiger partial charge in [0.1, 0.15) is 5.82 Å². The highest BCUT2D eigenvalue weighted by Gasteiger charge is 2.14. The largest absolute Gasteiger partial charge is 0.337 e. The van der Waals surface area contributed by atoms with Gasteiger partial charge in [0.05, 0.1) is 16.7 Å². The Bertz CT molecular complexity index is 1050. The summed E-state index contributed by atoms with van der Waals surface area (Å²) in [5, 5.41) is 0. The van der Waals surface area contributed by atoms with E-state index in [0.717, 1.165) is 45.8 Å². The number of carbonyl (C=O) groups is 1. The predicted octanol–water partition coefficient (Wildman–Crippen LogP) is 4.92. The molecule has 0 atom stereocenters. The molecule has 0 saturated carbocycles. The van der Waals surface area contributed by atoms with Crippen molar-refractivity contribution in [2.24, 2.45) is 4.99 Å². The van der Waals surface area contributed by atoms with Crippen molar-refractivity contribution in [3.05, 3.63) is 64.9 Å². The van der Waals surface area contributed by atoms with Crippen LogP contribution >= 0.6 is 0 Å². The van der Waals surface area contributed by atoms with Crippen molar-refractivity contribution in [2.45, 2.75) is 27.2 Å². The normalized spacial score (nSPS) is 14.3. The van der Waals surface area contributed by atoms with Gasteiger partial charge in [-0.1, -0.05) is 30.3 Å². The SMILES string of the molecule is CC(=O)c1cccc2nc(-c3ccc(C4=NC(C)=C(C)C4)cc3)[nH]c12. The Balaban J connectivity index is 1.69. The number of nitrogens with zero attached hydrogens (tertiary/aromatic N) is 2. The molecular weight excluding hydrogens is 310 g/mol. The van der Waals surface area contributed by atoms with Crippen molar-refractivity contribution in [1.82, 2.24) is 9.97 Å². The van der Waals surface area contributed by atoms with E-state index in [4.69, 9.17) is 0 Å². The second-order valence-corrected chi connectivity index (χ2v) is 6.52. The smallest absolute Gasteiger partial charge is 0.161 e. The standard InChI is InChI=1S/C21H19N3O/c1-12-11-19(22-13(12)2)15-7-9-16(10-8-15)21-23-18-6-4-5-17(14(3)25)20(18)24-21/h4-10H,11H2,1-3H3,(H,23,24). The zero-order chi connectivity index (χ0) is 17.6. The number of imidazole rings is 1. The van der Waals surface area contributed by atoms with Crippen molar-refractivity contribution < 1.29 is 4.79 Å². The third kappa shape index (κ3) is 2.70. The van der Waals surface area contributed by atoms with E-state index >= 15 is 0 Å². The molecule has 0 bridgehead atoms. The number of para-hydroxylation sites is 1. The Morgan fingerprint density at radius 1 is 1.04 bits per heavy atom. The van der Waals surface area contributed by atoms with Crippen LogP contribution in [-0.2, 0) is 0 Å². The summed E-state index contributed by atoms with van der Waals surface area (Å²) >= 11 is 0. The summed E-state index contributed by atoms with van der Waals surface area (Å²) in [5.41, 5.74) is 7.97. The number of carbonyl (C=O) groups excluding carboxylic acids is 1. The molecule has 0 fully saturated rings. The number of H-pyrrole nitrogens is 1. The number of benzene rings is 2. The molecule has 1 aliphatic rings. The highest BCUT2D eigenvalue weighted by molar-refractivity contribution is 6.06. The number of rotatable bonds is 3. The number of ketones is 1. The van der Waals surface area contributed by atoms with E-state index in [2.05, 4.69) is 40.9 Å². The average Bonchev–Trinajstić information content (AvgIpc) is 3.18. The van der Waals surface area contributed by atoms with Gasteiger partial charge in [-0.15, -0.1) is 0 Å². The molecule has 0 aliphatic carbocycles. The Hall–Kier alpha value is -3.01. The van der Waals surface area contributed by atoms with Crippen LogP contribution in [0.2, 0.25) is 0 Å². The lowest BCUT2D eigenvalue weighted by Crippen LogP contribution is -1.97. The highest BCUT2D eigenvalue weighted by atomic mass is 16.1. The minimum Gasteiger partial charge on any atom is -0.337 e. The van der Waals surface area contributed by atoms with Crippen molar-refractivity contribution >= 4 is 22.5 Å². The van der Waals surface area contributed by atoms with Crippen molar-refractivity contribution in [1.29, 1.82) is 0 Å². The maximum atomic E-state index is 11.8. The third-order valence-electron chi connectivity index (χ3n) is 4.74. The molecule has 2 heterocycles. The maximum Gasteiger partial charge on any atom is 0.161 e. The van der Waals surface area contributed by atoms with E-state index in [1.165, 1.54) is 5.57 Å². The summed E-state index contributed by atoms with van der Waals surface area (Å²) in [6.07, 6.45) is 0.914. The van der Waals surface area contributed by atoms with Crippen LogP contribution in [0, 0.1) is 0 Å². The Kier molecular flexibility index (Phi) is 3.61. The van der Waals surface area contributed by atoms with E-state index in [-0.39, 0.29) is 5.78 Å². The van der Waals surface area contributed by atoms with E-state index in [0.29, 0.717) is 5.56 Å². The fourth-order valence-corrected chi connectivity index (χ4v) is 3.17. The minimum atomic E-state index is 0.0358. The first-order valence-corrected chi connectivity index (χ1v) is 8.37. The molecule has 4 heteroatoms. The number of aromatic nitrogens is 2. The first-order valence-electron chi connectivity index (χ1n) is 8.37. The molecule has 0 radical (unpaired) electrons. The van der Waals surface area contributed by atoms with Crippen molar-refractivity contribution in [3.63, 3.8) is 0 Å². The first-order chi connectivity index (χ1) is 12.0. The molecule has 25 heavy (non-hydrogen) atoms. The van der Waals surface area contributed by atoms with Crippen LogP contribution in [0.25, 0.3) is 22.4 Å². The van der Waals surface area contributed by atoms with E-state index < -0.39 is 0 Å². The summed E-state index contributed by atoms with van der Waals surface area (Å²) in [6, 6.07) is 13.9. The van der Waals surface area contributed by atoms with Gasteiger partial charge in [0, 0.05) is 23.2 Å². The Morgan fingerprint density at radius 2 is 1.76 bits per heavy atom. The van der Waals surface area contributed by atoms with Crippen LogP contribution in [0.1, 0.15) is 43.1 Å². The van der Waals surface area contributed by atoms with Gasteiger partial charge in [-0.2, -0.15) is 0 Å². The number of nitrogens with one attached hydrogen (secondary N) is 1. The molecule has 1 N–H and O–H groups in total. The average molecular weight is 329 g/mol. The lowest BCUT2D eigenvalue weighted by Gasteiger charge is -2.03. The van der Waals surface area contributed by atoms with Crippen molar-refractivity contribution in [2.75, 3.05) is 0 Å². The molecule has 0 unspecified atom stereocenters. The fraction of sp³-hybridized carbons (Fsp3) is 0.190. The van der Waals surface area contributed by atoms with Gasteiger partial charge in [-0.3, -0.25) is 9.79 Å². The van der Waals surface area contributed by atoms with Gasteiger partial charge in [0.15, 0.2) is 5.78 Å². The number of hydrogen-bond donors (Lipinski definition) is 1. The zero-order valence-electron chi connectivity index (χ0n) is 14.6. The van der Waals surface area contributed by atoms with Crippen molar-refractivity contribution in [3.8, 4) is 11.4 Å². The number of hydrogen-bond acceptors (Lipinski definition) is 3.